The van der Waals surface area contributed by atoms with Crippen molar-refractivity contribution in [3.05, 3.63) is 87.8 Å². The van der Waals surface area contributed by atoms with E-state index in [1.165, 1.54) is 0 Å². The molecule has 0 aliphatic carbocycles. The highest BCUT2D eigenvalue weighted by Crippen LogP contribution is 2.40. The van der Waals surface area contributed by atoms with Crippen LogP contribution in [0.4, 0.5) is 0 Å². The number of piperidine rings is 1. The Morgan fingerprint density at radius 2 is 1.75 bits per heavy atom. The molecular weight excluding hydrogens is 497 g/mol. The number of hydrogen-bond acceptors (Lipinski definition) is 4. The van der Waals surface area contributed by atoms with E-state index in [0.29, 0.717) is 35.4 Å². The molecular formula is C28H27Cl2N3O3. The predicted molar refractivity (Wildman–Crippen MR) is 143 cm³/mol. The number of pyridine rings is 1. The molecule has 0 radical (unpaired) electrons. The predicted octanol–water partition coefficient (Wildman–Crippen LogP) is 6.43. The number of benzene rings is 2. The molecule has 3 heterocycles. The largest absolute Gasteiger partial charge is 0.496 e. The van der Waals surface area contributed by atoms with Gasteiger partial charge in [0.25, 0.3) is 5.91 Å². The minimum Gasteiger partial charge on any atom is -0.496 e. The van der Waals surface area contributed by atoms with Gasteiger partial charge in [-0.05, 0) is 54.7 Å². The van der Waals surface area contributed by atoms with Gasteiger partial charge in [0.1, 0.15) is 16.7 Å². The maximum absolute atomic E-state index is 13.7. The fourth-order valence-electron chi connectivity index (χ4n) is 5.09. The first-order valence-electron chi connectivity index (χ1n) is 11.9. The third-order valence-electron chi connectivity index (χ3n) is 6.87. The standard InChI is InChI=1S/C28H27Cl2N3O3/c1-35-24-4-3-5-25(36-2)27(24)19-10-12-32(13-11-19)28(34)22-17-33(16-18-6-9-26(30)31-15-18)23-14-20(29)7-8-21(22)23/h3-9,14-15,17,19H,10-13,16H2,1-2H3. The molecule has 1 amide bonds. The van der Waals surface area contributed by atoms with Gasteiger partial charge in [0, 0.05) is 48.0 Å². The zero-order chi connectivity index (χ0) is 25.2. The highest BCUT2D eigenvalue weighted by Gasteiger charge is 2.29. The molecule has 36 heavy (non-hydrogen) atoms. The first-order chi connectivity index (χ1) is 17.5. The van der Waals surface area contributed by atoms with Crippen LogP contribution >= 0.6 is 23.2 Å². The third-order valence-corrected chi connectivity index (χ3v) is 7.33. The normalized spacial score (nSPS) is 14.3. The monoisotopic (exact) mass is 523 g/mol. The number of hydrogen-bond donors (Lipinski definition) is 0. The van der Waals surface area contributed by atoms with Gasteiger partial charge in [-0.2, -0.15) is 0 Å². The molecule has 1 aliphatic rings. The van der Waals surface area contributed by atoms with Crippen LogP contribution < -0.4 is 9.47 Å². The number of methoxy groups -OCH3 is 2. The van der Waals surface area contributed by atoms with E-state index in [2.05, 4.69) is 4.98 Å². The number of amides is 1. The van der Waals surface area contributed by atoms with Crippen LogP contribution in [0.2, 0.25) is 10.2 Å². The van der Waals surface area contributed by atoms with E-state index in [1.807, 2.05) is 58.1 Å². The molecule has 0 spiro atoms. The minimum absolute atomic E-state index is 0.0285. The number of ether oxygens (including phenoxy) is 2. The first-order valence-corrected chi connectivity index (χ1v) is 12.6. The number of halogens is 2. The Kier molecular flexibility index (Phi) is 7.08. The summed E-state index contributed by atoms with van der Waals surface area (Å²) in [7, 11) is 3.36. The Labute approximate surface area is 220 Å². The maximum atomic E-state index is 13.7. The number of fused-ring (bicyclic) bond motifs is 1. The summed E-state index contributed by atoms with van der Waals surface area (Å²) in [5.74, 6) is 1.95. The van der Waals surface area contributed by atoms with Crippen molar-refractivity contribution < 1.29 is 14.3 Å². The second-order valence-corrected chi connectivity index (χ2v) is 9.79. The van der Waals surface area contributed by atoms with E-state index in [-0.39, 0.29) is 11.8 Å². The zero-order valence-corrected chi connectivity index (χ0v) is 21.7. The summed E-state index contributed by atoms with van der Waals surface area (Å²) in [6, 6.07) is 15.2. The van der Waals surface area contributed by atoms with Gasteiger partial charge < -0.3 is 18.9 Å². The number of likely N-dealkylation sites (tertiary alicyclic amines) is 1. The molecule has 5 rings (SSSR count). The van der Waals surface area contributed by atoms with Crippen LogP contribution in [0.3, 0.4) is 0 Å². The van der Waals surface area contributed by atoms with Crippen LogP contribution in [0, 0.1) is 0 Å². The summed E-state index contributed by atoms with van der Waals surface area (Å²) in [6.45, 7) is 1.88. The van der Waals surface area contributed by atoms with E-state index in [4.69, 9.17) is 32.7 Å². The number of rotatable bonds is 6. The second-order valence-electron chi connectivity index (χ2n) is 8.96. The van der Waals surface area contributed by atoms with Gasteiger partial charge in [0.05, 0.1) is 25.3 Å². The fourth-order valence-corrected chi connectivity index (χ4v) is 5.36. The molecule has 8 heteroatoms. The van der Waals surface area contributed by atoms with Gasteiger partial charge in [0.2, 0.25) is 0 Å². The lowest BCUT2D eigenvalue weighted by Crippen LogP contribution is -2.38. The van der Waals surface area contributed by atoms with Gasteiger partial charge >= 0.3 is 0 Å². The average molecular weight is 524 g/mol. The van der Waals surface area contributed by atoms with Crippen molar-refractivity contribution >= 4 is 40.0 Å². The molecule has 1 fully saturated rings. The lowest BCUT2D eigenvalue weighted by Gasteiger charge is -2.33. The van der Waals surface area contributed by atoms with Gasteiger partial charge in [0.15, 0.2) is 0 Å². The maximum Gasteiger partial charge on any atom is 0.256 e. The SMILES string of the molecule is COc1cccc(OC)c1C1CCN(C(=O)c2cn(Cc3ccc(Cl)nc3)c3cc(Cl)ccc23)CC1. The number of nitrogens with zero attached hydrogens (tertiary/aromatic N) is 3. The summed E-state index contributed by atoms with van der Waals surface area (Å²) in [6.07, 6.45) is 5.34. The van der Waals surface area contributed by atoms with Gasteiger partial charge in [-0.25, -0.2) is 4.98 Å². The molecule has 1 aliphatic heterocycles. The lowest BCUT2D eigenvalue weighted by molar-refractivity contribution is 0.0714. The van der Waals surface area contributed by atoms with Crippen LogP contribution in [-0.4, -0.2) is 47.7 Å². The fraction of sp³-hybridized carbons (Fsp3) is 0.286. The van der Waals surface area contributed by atoms with Gasteiger partial charge in [-0.1, -0.05) is 41.4 Å². The van der Waals surface area contributed by atoms with E-state index in [9.17, 15) is 4.79 Å². The molecule has 1 saturated heterocycles. The Morgan fingerprint density at radius 3 is 2.39 bits per heavy atom. The Bertz CT molecular complexity index is 1370. The summed E-state index contributed by atoms with van der Waals surface area (Å²) < 4.78 is 13.3. The van der Waals surface area contributed by atoms with Crippen molar-refractivity contribution in [2.75, 3.05) is 27.3 Å². The van der Waals surface area contributed by atoms with E-state index in [1.54, 1.807) is 26.5 Å². The number of carbonyl (C=O) groups excluding carboxylic acids is 1. The highest BCUT2D eigenvalue weighted by molar-refractivity contribution is 6.31. The Balaban J connectivity index is 1.39. The first kappa shape index (κ1) is 24.5. The molecule has 0 N–H and O–H groups in total. The molecule has 0 saturated carbocycles. The second kappa shape index (κ2) is 10.4. The highest BCUT2D eigenvalue weighted by atomic mass is 35.5. The van der Waals surface area contributed by atoms with Crippen molar-refractivity contribution in [2.45, 2.75) is 25.3 Å². The van der Waals surface area contributed by atoms with Crippen LogP contribution in [0.25, 0.3) is 10.9 Å². The smallest absolute Gasteiger partial charge is 0.256 e. The van der Waals surface area contributed by atoms with Crippen LogP contribution in [0.15, 0.2) is 60.9 Å². The molecule has 2 aromatic carbocycles. The van der Waals surface area contributed by atoms with Gasteiger partial charge in [-0.15, -0.1) is 0 Å². The van der Waals surface area contributed by atoms with Crippen molar-refractivity contribution in [3.8, 4) is 11.5 Å². The zero-order valence-electron chi connectivity index (χ0n) is 20.2. The Hall–Kier alpha value is -3.22. The molecule has 0 unspecified atom stereocenters. The quantitative estimate of drug-likeness (QED) is 0.273. The lowest BCUT2D eigenvalue weighted by atomic mass is 9.88. The van der Waals surface area contributed by atoms with E-state index >= 15 is 0 Å². The number of carbonyl (C=O) groups is 1. The van der Waals surface area contributed by atoms with Crippen molar-refractivity contribution in [3.63, 3.8) is 0 Å². The summed E-state index contributed by atoms with van der Waals surface area (Å²) >= 11 is 12.3. The van der Waals surface area contributed by atoms with Crippen molar-refractivity contribution in [2.24, 2.45) is 0 Å². The molecule has 6 nitrogen and oxygen atoms in total. The molecule has 0 atom stereocenters. The molecule has 186 valence electrons. The molecule has 0 bridgehead atoms. The van der Waals surface area contributed by atoms with Crippen LogP contribution in [-0.2, 0) is 6.54 Å². The third kappa shape index (κ3) is 4.75. The van der Waals surface area contributed by atoms with E-state index < -0.39 is 0 Å². The molecule has 4 aromatic rings. The Morgan fingerprint density at radius 1 is 1.03 bits per heavy atom. The summed E-state index contributed by atoms with van der Waals surface area (Å²) in [5, 5.41) is 1.96. The van der Waals surface area contributed by atoms with E-state index in [0.717, 1.165) is 46.4 Å². The summed E-state index contributed by atoms with van der Waals surface area (Å²) in [4.78, 5) is 19.8. The number of aromatic nitrogens is 2. The topological polar surface area (TPSA) is 56.6 Å². The van der Waals surface area contributed by atoms with Crippen molar-refractivity contribution in [1.82, 2.24) is 14.5 Å². The van der Waals surface area contributed by atoms with Crippen LogP contribution in [0.5, 0.6) is 11.5 Å². The van der Waals surface area contributed by atoms with Gasteiger partial charge in [-0.3, -0.25) is 4.79 Å². The van der Waals surface area contributed by atoms with Crippen LogP contribution in [0.1, 0.15) is 40.2 Å². The van der Waals surface area contributed by atoms with Crippen molar-refractivity contribution in [1.29, 1.82) is 0 Å². The molecule has 2 aromatic heterocycles. The average Bonchev–Trinajstić information content (AvgIpc) is 3.26. The summed E-state index contributed by atoms with van der Waals surface area (Å²) in [5.41, 5.74) is 3.66. The minimum atomic E-state index is 0.0285.